The average Bonchev–Trinajstić information content (AvgIpc) is 2.68. The van der Waals surface area contributed by atoms with Crippen molar-refractivity contribution in [3.05, 3.63) is 91.0 Å². The molecule has 0 amide bonds. The summed E-state index contributed by atoms with van der Waals surface area (Å²) in [6, 6.07) is 29.4. The van der Waals surface area contributed by atoms with Crippen LogP contribution in [0.15, 0.2) is 91.0 Å². The van der Waals surface area contributed by atoms with E-state index in [0.717, 1.165) is 15.9 Å². The van der Waals surface area contributed by atoms with Crippen LogP contribution in [0, 0.1) is 5.92 Å². The molecule has 0 saturated heterocycles. The van der Waals surface area contributed by atoms with Gasteiger partial charge in [0.2, 0.25) is 0 Å². The van der Waals surface area contributed by atoms with Crippen molar-refractivity contribution in [2.24, 2.45) is 5.92 Å². The zero-order chi connectivity index (χ0) is 18.6. The Labute approximate surface area is 158 Å². The number of hydrogen-bond acceptors (Lipinski definition) is 2. The van der Waals surface area contributed by atoms with Crippen molar-refractivity contribution >= 4 is 32.4 Å². The van der Waals surface area contributed by atoms with Crippen LogP contribution in [0.25, 0.3) is 0 Å². The van der Waals surface area contributed by atoms with Gasteiger partial charge in [0.25, 0.3) is 0 Å². The van der Waals surface area contributed by atoms with Crippen molar-refractivity contribution in [2.45, 2.75) is 13.8 Å². The van der Waals surface area contributed by atoms with Gasteiger partial charge in [0.05, 0.1) is 0 Å². The van der Waals surface area contributed by atoms with Crippen LogP contribution in [0.1, 0.15) is 13.8 Å². The van der Waals surface area contributed by atoms with Crippen LogP contribution in [0.5, 0.6) is 0 Å². The number of benzene rings is 3. The quantitative estimate of drug-likeness (QED) is 0.477. The molecule has 0 bridgehead atoms. The van der Waals surface area contributed by atoms with Gasteiger partial charge in [-0.1, -0.05) is 0 Å². The fraction of sp³-hybridized carbons (Fsp3) is 0.182. The van der Waals surface area contributed by atoms with E-state index in [9.17, 15) is 8.76 Å². The second-order valence-electron chi connectivity index (χ2n) is 7.01. The first-order chi connectivity index (χ1) is 12.5. The molecule has 3 aromatic carbocycles. The molecule has 3 rings (SSSR count). The van der Waals surface area contributed by atoms with Crippen molar-refractivity contribution in [1.82, 2.24) is 0 Å². The molecule has 3 aromatic rings. The third kappa shape index (κ3) is 2.75. The van der Waals surface area contributed by atoms with Gasteiger partial charge in [0.1, 0.15) is 0 Å². The molecule has 0 radical (unpaired) electrons. The van der Waals surface area contributed by atoms with Gasteiger partial charge >= 0.3 is 158 Å². The summed E-state index contributed by atoms with van der Waals surface area (Å²) >= 11 is 0. The van der Waals surface area contributed by atoms with Crippen molar-refractivity contribution in [3.8, 4) is 0 Å². The normalized spacial score (nSPS) is 14.5. The second-order valence-corrected chi connectivity index (χ2v) is 15.1. The van der Waals surface area contributed by atoms with E-state index in [1.165, 1.54) is 0 Å². The molecule has 0 aliphatic rings. The van der Waals surface area contributed by atoms with E-state index in [0.29, 0.717) is 6.16 Å². The van der Waals surface area contributed by atoms with Crippen molar-refractivity contribution in [3.63, 3.8) is 0 Å². The molecule has 4 heteroatoms. The zero-order valence-corrected chi connectivity index (χ0v) is 16.8. The standard InChI is InChI=1S/C22H25O2PS/c1-19(2)18-25(26(23)24,20-12-6-3-7-13-20,21-14-8-4-9-15-21)22-16-10-5-11-17-22/h3-17,19H,18H2,1-2H3,(H,23,24)/p-1. The maximum absolute atomic E-state index is 13.3. The van der Waals surface area contributed by atoms with Crippen LogP contribution in [0.3, 0.4) is 0 Å². The molecule has 136 valence electrons. The van der Waals surface area contributed by atoms with Gasteiger partial charge in [-0.05, 0) is 0 Å². The molecular weight excluding hydrogens is 359 g/mol. The fourth-order valence-corrected chi connectivity index (χ4v) is 13.9. The van der Waals surface area contributed by atoms with Gasteiger partial charge in [-0.3, -0.25) is 0 Å². The Kier molecular flexibility index (Phi) is 5.43. The van der Waals surface area contributed by atoms with E-state index >= 15 is 0 Å². The van der Waals surface area contributed by atoms with Crippen molar-refractivity contribution in [1.29, 1.82) is 0 Å². The predicted molar refractivity (Wildman–Crippen MR) is 114 cm³/mol. The van der Waals surface area contributed by atoms with Gasteiger partial charge in [-0.2, -0.15) is 0 Å². The minimum atomic E-state index is -3.71. The average molecular weight is 383 g/mol. The zero-order valence-electron chi connectivity index (χ0n) is 15.1. The van der Waals surface area contributed by atoms with E-state index in [1.54, 1.807) is 0 Å². The number of rotatable bonds is 6. The molecule has 0 aliphatic carbocycles. The molecule has 0 spiro atoms. The Morgan fingerprint density at radius 2 is 1.04 bits per heavy atom. The Morgan fingerprint density at radius 1 is 0.731 bits per heavy atom. The first-order valence-electron chi connectivity index (χ1n) is 8.80. The monoisotopic (exact) mass is 383 g/mol. The summed E-state index contributed by atoms with van der Waals surface area (Å²) in [5.41, 5.74) is 0. The summed E-state index contributed by atoms with van der Waals surface area (Å²) in [7, 11) is -2.31. The van der Waals surface area contributed by atoms with Crippen LogP contribution in [0.2, 0.25) is 0 Å². The number of hydrogen-bond donors (Lipinski definition) is 0. The van der Waals surface area contributed by atoms with E-state index in [-0.39, 0.29) is 5.92 Å². The third-order valence-electron chi connectivity index (χ3n) is 4.95. The topological polar surface area (TPSA) is 40.1 Å². The molecule has 26 heavy (non-hydrogen) atoms. The molecular formula is C22H24O2PS-. The summed E-state index contributed by atoms with van der Waals surface area (Å²) in [6.07, 6.45) is 0.583. The second kappa shape index (κ2) is 7.44. The summed E-state index contributed by atoms with van der Waals surface area (Å²) in [4.78, 5) is 0. The van der Waals surface area contributed by atoms with E-state index < -0.39 is 16.5 Å². The third-order valence-corrected chi connectivity index (χ3v) is 15.5. The molecule has 0 N–H and O–H groups in total. The van der Waals surface area contributed by atoms with Gasteiger partial charge in [-0.15, -0.1) is 0 Å². The molecule has 0 heterocycles. The van der Waals surface area contributed by atoms with E-state index in [4.69, 9.17) is 0 Å². The Balaban J connectivity index is 2.57. The molecule has 1 unspecified atom stereocenters. The van der Waals surface area contributed by atoms with E-state index in [2.05, 4.69) is 13.8 Å². The van der Waals surface area contributed by atoms with Gasteiger partial charge in [-0.25, -0.2) is 0 Å². The molecule has 0 aliphatic heterocycles. The van der Waals surface area contributed by atoms with Crippen LogP contribution in [0.4, 0.5) is 0 Å². The summed E-state index contributed by atoms with van der Waals surface area (Å²) in [5.74, 6) is -3.50. The van der Waals surface area contributed by atoms with Crippen molar-refractivity contribution < 1.29 is 8.76 Å². The maximum atomic E-state index is 13.3. The Hall–Kier alpha value is -1.80. The summed E-state index contributed by atoms with van der Waals surface area (Å²) in [6.45, 7) is 4.20. The minimum absolute atomic E-state index is 0.214. The van der Waals surface area contributed by atoms with Crippen LogP contribution in [-0.4, -0.2) is 14.9 Å². The van der Waals surface area contributed by atoms with Gasteiger partial charge in [0.15, 0.2) is 0 Å². The predicted octanol–water partition coefficient (Wildman–Crippen LogP) is 3.97. The fourth-order valence-electron chi connectivity index (χ4n) is 4.01. The molecule has 0 aromatic heterocycles. The molecule has 0 fully saturated rings. The van der Waals surface area contributed by atoms with Crippen LogP contribution >= 0.6 is 5.81 Å². The Morgan fingerprint density at radius 3 is 1.27 bits per heavy atom. The molecule has 0 saturated carbocycles. The SMILES string of the molecule is CC(C)CP(c1ccccc1)(c1ccccc1)(c1ccccc1)S(=O)[O-]. The van der Waals surface area contributed by atoms with Crippen LogP contribution in [-0.2, 0) is 10.7 Å². The first-order valence-corrected chi connectivity index (χ1v) is 12.9. The first kappa shape index (κ1) is 19.0. The van der Waals surface area contributed by atoms with Crippen molar-refractivity contribution in [2.75, 3.05) is 6.16 Å². The molecule has 1 atom stereocenters. The Bertz CT molecular complexity index is 780. The van der Waals surface area contributed by atoms with Gasteiger partial charge in [0, 0.05) is 0 Å². The van der Waals surface area contributed by atoms with Gasteiger partial charge < -0.3 is 0 Å². The summed E-state index contributed by atoms with van der Waals surface area (Å²) < 4.78 is 26.7. The van der Waals surface area contributed by atoms with E-state index in [1.807, 2.05) is 91.0 Å². The molecule has 2 nitrogen and oxygen atoms in total. The van der Waals surface area contributed by atoms with Crippen LogP contribution < -0.4 is 15.9 Å². The summed E-state index contributed by atoms with van der Waals surface area (Å²) in [5, 5.41) is 2.70.